The fraction of sp³-hybridized carbons (Fsp3) is 0.440. The standard InChI is InChI=1S/C25H30ClFN6O2Si/c1-25(2)14-32-20(13-35-25)22(23(31-32)19-7-6-16(27)11-28-19)17-10-21(26)30-24-18(17)12-29-33(24)15-34-8-9-36(3,4)5/h6-7,10-12H,8-9,13-15H2,1-5H3. The zero-order valence-corrected chi connectivity index (χ0v) is 22.9. The van der Waals surface area contributed by atoms with Crippen LogP contribution in [-0.2, 0) is 29.4 Å². The third kappa shape index (κ3) is 5.08. The molecule has 0 aliphatic carbocycles. The van der Waals surface area contributed by atoms with E-state index in [9.17, 15) is 4.39 Å². The normalized spacial score (nSPS) is 15.4. The molecule has 0 unspecified atom stereocenters. The molecule has 8 nitrogen and oxygen atoms in total. The summed E-state index contributed by atoms with van der Waals surface area (Å²) in [6, 6.07) is 5.90. The highest BCUT2D eigenvalue weighted by Crippen LogP contribution is 2.41. The summed E-state index contributed by atoms with van der Waals surface area (Å²) in [4.78, 5) is 8.87. The van der Waals surface area contributed by atoms with Crippen LogP contribution in [0.5, 0.6) is 0 Å². The minimum absolute atomic E-state index is 0.288. The molecule has 0 spiro atoms. The van der Waals surface area contributed by atoms with Crippen molar-refractivity contribution in [3.8, 4) is 22.5 Å². The van der Waals surface area contributed by atoms with Crippen LogP contribution in [0, 0.1) is 5.82 Å². The van der Waals surface area contributed by atoms with Crippen molar-refractivity contribution in [3.05, 3.63) is 47.3 Å². The SMILES string of the molecule is CC1(C)Cn2nc(-c3ccc(F)cn3)c(-c3cc(Cl)nc4c3cnn4COCC[Si](C)(C)C)c2CO1. The van der Waals surface area contributed by atoms with Crippen molar-refractivity contribution in [2.75, 3.05) is 6.61 Å². The number of halogens is 2. The molecule has 0 radical (unpaired) electrons. The van der Waals surface area contributed by atoms with E-state index in [1.54, 1.807) is 16.9 Å². The zero-order chi connectivity index (χ0) is 25.7. The lowest BCUT2D eigenvalue weighted by atomic mass is 9.98. The molecule has 1 aliphatic rings. The van der Waals surface area contributed by atoms with Crippen LogP contribution in [0.15, 0.2) is 30.6 Å². The molecule has 36 heavy (non-hydrogen) atoms. The van der Waals surface area contributed by atoms with Crippen LogP contribution in [-0.4, -0.2) is 49.8 Å². The zero-order valence-electron chi connectivity index (χ0n) is 21.2. The molecule has 0 amide bonds. The first kappa shape index (κ1) is 25.0. The first-order valence-electron chi connectivity index (χ1n) is 12.0. The Morgan fingerprint density at radius 2 is 2.03 bits per heavy atom. The molecule has 1 aliphatic heterocycles. The first-order valence-corrected chi connectivity index (χ1v) is 16.0. The van der Waals surface area contributed by atoms with Gasteiger partial charge in [-0.15, -0.1) is 0 Å². The van der Waals surface area contributed by atoms with Crippen molar-refractivity contribution in [1.82, 2.24) is 29.5 Å². The van der Waals surface area contributed by atoms with Gasteiger partial charge in [0.1, 0.15) is 23.4 Å². The predicted octanol–water partition coefficient (Wildman–Crippen LogP) is 5.77. The minimum Gasteiger partial charge on any atom is -0.367 e. The van der Waals surface area contributed by atoms with Gasteiger partial charge in [0.25, 0.3) is 0 Å². The number of ether oxygens (including phenoxy) is 2. The molecule has 0 aromatic carbocycles. The third-order valence-corrected chi connectivity index (χ3v) is 8.11. The molecule has 0 N–H and O–H groups in total. The van der Waals surface area contributed by atoms with Gasteiger partial charge in [-0.3, -0.25) is 9.67 Å². The molecular weight excluding hydrogens is 499 g/mol. The molecule has 4 aromatic heterocycles. The highest BCUT2D eigenvalue weighted by Gasteiger charge is 2.32. The van der Waals surface area contributed by atoms with Gasteiger partial charge in [0.05, 0.1) is 42.5 Å². The maximum absolute atomic E-state index is 13.7. The maximum atomic E-state index is 13.7. The molecule has 11 heteroatoms. The molecule has 5 heterocycles. The van der Waals surface area contributed by atoms with E-state index < -0.39 is 13.9 Å². The molecule has 5 rings (SSSR count). The quantitative estimate of drug-likeness (QED) is 0.172. The fourth-order valence-electron chi connectivity index (χ4n) is 4.27. The van der Waals surface area contributed by atoms with Crippen LogP contribution in [0.25, 0.3) is 33.5 Å². The smallest absolute Gasteiger partial charge is 0.162 e. The van der Waals surface area contributed by atoms with E-state index in [0.717, 1.165) is 28.3 Å². The number of nitrogens with zero attached hydrogens (tertiary/aromatic N) is 6. The van der Waals surface area contributed by atoms with Crippen LogP contribution in [0.2, 0.25) is 30.8 Å². The van der Waals surface area contributed by atoms with E-state index in [2.05, 4.69) is 34.7 Å². The van der Waals surface area contributed by atoms with Crippen LogP contribution in [0.4, 0.5) is 4.39 Å². The van der Waals surface area contributed by atoms with E-state index in [-0.39, 0.29) is 12.3 Å². The number of hydrogen-bond donors (Lipinski definition) is 0. The van der Waals surface area contributed by atoms with Gasteiger partial charge in [0.15, 0.2) is 5.65 Å². The van der Waals surface area contributed by atoms with Gasteiger partial charge in [-0.1, -0.05) is 31.2 Å². The highest BCUT2D eigenvalue weighted by molar-refractivity contribution is 6.76. The monoisotopic (exact) mass is 528 g/mol. The Morgan fingerprint density at radius 1 is 1.22 bits per heavy atom. The van der Waals surface area contributed by atoms with Gasteiger partial charge in [-0.2, -0.15) is 10.2 Å². The summed E-state index contributed by atoms with van der Waals surface area (Å²) in [6.07, 6.45) is 2.97. The average molecular weight is 529 g/mol. The van der Waals surface area contributed by atoms with Crippen molar-refractivity contribution in [3.63, 3.8) is 0 Å². The number of rotatable bonds is 7. The highest BCUT2D eigenvalue weighted by atomic mass is 35.5. The second kappa shape index (κ2) is 9.33. The lowest BCUT2D eigenvalue weighted by Gasteiger charge is -2.31. The summed E-state index contributed by atoms with van der Waals surface area (Å²) in [5.74, 6) is -0.404. The number of fused-ring (bicyclic) bond motifs is 2. The molecule has 0 saturated carbocycles. The Kier molecular flexibility index (Phi) is 6.48. The minimum atomic E-state index is -1.20. The van der Waals surface area contributed by atoms with Gasteiger partial charge in [-0.05, 0) is 38.1 Å². The number of hydrogen-bond acceptors (Lipinski definition) is 6. The van der Waals surface area contributed by atoms with Crippen LogP contribution in [0.3, 0.4) is 0 Å². The summed E-state index contributed by atoms with van der Waals surface area (Å²) in [7, 11) is -1.20. The van der Waals surface area contributed by atoms with Gasteiger partial charge in [-0.25, -0.2) is 14.1 Å². The molecule has 0 atom stereocenters. The Bertz CT molecular complexity index is 1410. The van der Waals surface area contributed by atoms with E-state index in [0.29, 0.717) is 41.9 Å². The van der Waals surface area contributed by atoms with Gasteiger partial charge < -0.3 is 9.47 Å². The van der Waals surface area contributed by atoms with Crippen LogP contribution < -0.4 is 0 Å². The first-order chi connectivity index (χ1) is 17.0. The van der Waals surface area contributed by atoms with Crippen LogP contribution >= 0.6 is 11.6 Å². The molecular formula is C25H30ClFN6O2Si. The fourth-order valence-corrected chi connectivity index (χ4v) is 5.22. The van der Waals surface area contributed by atoms with Crippen molar-refractivity contribution < 1.29 is 13.9 Å². The van der Waals surface area contributed by atoms with Gasteiger partial charge >= 0.3 is 0 Å². The van der Waals surface area contributed by atoms with E-state index >= 15 is 0 Å². The second-order valence-electron chi connectivity index (χ2n) is 11.0. The van der Waals surface area contributed by atoms with E-state index in [4.69, 9.17) is 26.2 Å². The topological polar surface area (TPSA) is 79.9 Å². The molecule has 0 bridgehead atoms. The second-order valence-corrected chi connectivity index (χ2v) is 17.0. The third-order valence-electron chi connectivity index (χ3n) is 6.22. The van der Waals surface area contributed by atoms with E-state index in [1.807, 2.05) is 24.6 Å². The Labute approximate surface area is 215 Å². The summed E-state index contributed by atoms with van der Waals surface area (Å²) < 4.78 is 29.4. The summed E-state index contributed by atoms with van der Waals surface area (Å²) >= 11 is 6.53. The van der Waals surface area contributed by atoms with Crippen molar-refractivity contribution in [2.24, 2.45) is 0 Å². The average Bonchev–Trinajstić information content (AvgIpc) is 3.36. The Balaban J connectivity index is 1.61. The molecule has 0 saturated heterocycles. The summed E-state index contributed by atoms with van der Waals surface area (Å²) in [5, 5.41) is 10.6. The largest absolute Gasteiger partial charge is 0.367 e. The van der Waals surface area contributed by atoms with E-state index in [1.165, 1.54) is 12.3 Å². The van der Waals surface area contributed by atoms with Crippen molar-refractivity contribution >= 4 is 30.7 Å². The van der Waals surface area contributed by atoms with Gasteiger partial charge in [0.2, 0.25) is 0 Å². The van der Waals surface area contributed by atoms with Crippen molar-refractivity contribution in [2.45, 2.75) is 65.0 Å². The Morgan fingerprint density at radius 3 is 2.75 bits per heavy atom. The number of pyridine rings is 2. The lowest BCUT2D eigenvalue weighted by Crippen LogP contribution is -2.36. The predicted molar refractivity (Wildman–Crippen MR) is 140 cm³/mol. The van der Waals surface area contributed by atoms with Gasteiger partial charge in [0, 0.05) is 31.2 Å². The van der Waals surface area contributed by atoms with Crippen LogP contribution in [0.1, 0.15) is 19.5 Å². The maximum Gasteiger partial charge on any atom is 0.162 e. The number of aromatic nitrogens is 6. The summed E-state index contributed by atoms with van der Waals surface area (Å²) in [6.45, 7) is 12.9. The lowest BCUT2D eigenvalue weighted by molar-refractivity contribution is -0.0657. The molecule has 0 fully saturated rings. The summed E-state index contributed by atoms with van der Waals surface area (Å²) in [5.41, 5.74) is 4.01. The Hall–Kier alpha value is -2.66. The molecule has 4 aromatic rings. The molecule has 190 valence electrons. The van der Waals surface area contributed by atoms with Crippen molar-refractivity contribution in [1.29, 1.82) is 0 Å².